The molecule has 0 fully saturated rings. The van der Waals surface area contributed by atoms with Crippen molar-refractivity contribution in [3.05, 3.63) is 40.3 Å². The first-order chi connectivity index (χ1) is 7.27. The molecule has 0 nitrogen and oxygen atoms in total. The third kappa shape index (κ3) is 1.72. The van der Waals surface area contributed by atoms with Crippen LogP contribution in [0.5, 0.6) is 0 Å². The molecular formula is C14H16S. The summed E-state index contributed by atoms with van der Waals surface area (Å²) in [4.78, 5) is 1.50. The van der Waals surface area contributed by atoms with Crippen LogP contribution in [0.25, 0.3) is 16.2 Å². The maximum absolute atomic E-state index is 2.24. The highest BCUT2D eigenvalue weighted by Gasteiger charge is 2.09. The number of fused-ring (bicyclic) bond motifs is 1. The average molecular weight is 216 g/mol. The average Bonchev–Trinajstić information content (AvgIpc) is 2.58. The zero-order chi connectivity index (χ0) is 10.8. The van der Waals surface area contributed by atoms with Gasteiger partial charge >= 0.3 is 0 Å². The second-order valence-electron chi connectivity index (χ2n) is 3.74. The van der Waals surface area contributed by atoms with Crippen molar-refractivity contribution in [2.75, 3.05) is 0 Å². The summed E-state index contributed by atoms with van der Waals surface area (Å²) >= 11 is 1.93. The lowest BCUT2D eigenvalue weighted by Crippen LogP contribution is -1.80. The largest absolute Gasteiger partial charge is 0.140 e. The van der Waals surface area contributed by atoms with Gasteiger partial charge in [-0.15, -0.1) is 11.3 Å². The van der Waals surface area contributed by atoms with Crippen molar-refractivity contribution in [3.63, 3.8) is 0 Å². The fourth-order valence-corrected chi connectivity index (χ4v) is 3.21. The summed E-state index contributed by atoms with van der Waals surface area (Å²) in [5, 5.41) is 1.44. The van der Waals surface area contributed by atoms with Gasteiger partial charge in [0.1, 0.15) is 0 Å². The van der Waals surface area contributed by atoms with E-state index in [2.05, 4.69) is 51.1 Å². The lowest BCUT2D eigenvalue weighted by atomic mass is 10.0. The molecule has 0 atom stereocenters. The van der Waals surface area contributed by atoms with E-state index in [1.54, 1.807) is 0 Å². The van der Waals surface area contributed by atoms with Crippen LogP contribution < -0.4 is 0 Å². The standard InChI is InChI=1S/C14H16S/c1-4-7-11-12(5-2)15-13-9-6-8-10(3)14(11)13/h4,6-9H,5H2,1-3H3/b7-4-. The maximum atomic E-state index is 2.24. The Hall–Kier alpha value is -1.08. The molecule has 0 unspecified atom stereocenters. The van der Waals surface area contributed by atoms with Gasteiger partial charge in [-0.05, 0) is 37.5 Å². The van der Waals surface area contributed by atoms with E-state index < -0.39 is 0 Å². The summed E-state index contributed by atoms with van der Waals surface area (Å²) < 4.78 is 1.42. The molecular weight excluding hydrogens is 200 g/mol. The molecule has 0 saturated heterocycles. The molecule has 1 heterocycles. The molecule has 1 heteroatoms. The SMILES string of the molecule is C/C=C\c1c(CC)sc2cccc(C)c12. The first-order valence-corrected chi connectivity index (χ1v) is 6.23. The maximum Gasteiger partial charge on any atom is 0.0354 e. The normalized spacial score (nSPS) is 11.7. The van der Waals surface area contributed by atoms with Crippen LogP contribution >= 0.6 is 11.3 Å². The Kier molecular flexibility index (Phi) is 2.92. The van der Waals surface area contributed by atoms with E-state index in [0.717, 1.165) is 6.42 Å². The number of hydrogen-bond acceptors (Lipinski definition) is 1. The van der Waals surface area contributed by atoms with Crippen LogP contribution in [0.4, 0.5) is 0 Å². The minimum absolute atomic E-state index is 1.12. The summed E-state index contributed by atoms with van der Waals surface area (Å²) in [6.45, 7) is 6.51. The van der Waals surface area contributed by atoms with E-state index in [4.69, 9.17) is 0 Å². The van der Waals surface area contributed by atoms with Gasteiger partial charge in [-0.3, -0.25) is 0 Å². The molecule has 0 aliphatic heterocycles. The predicted molar refractivity (Wildman–Crippen MR) is 70.6 cm³/mol. The van der Waals surface area contributed by atoms with Gasteiger partial charge in [0.15, 0.2) is 0 Å². The molecule has 2 rings (SSSR count). The van der Waals surface area contributed by atoms with Gasteiger partial charge in [0.05, 0.1) is 0 Å². The van der Waals surface area contributed by atoms with Crippen molar-refractivity contribution < 1.29 is 0 Å². The number of benzene rings is 1. The van der Waals surface area contributed by atoms with E-state index in [1.165, 1.54) is 26.1 Å². The van der Waals surface area contributed by atoms with Crippen LogP contribution in [-0.2, 0) is 6.42 Å². The van der Waals surface area contributed by atoms with Crippen LogP contribution in [-0.4, -0.2) is 0 Å². The Labute approximate surface area is 95.3 Å². The number of thiophene rings is 1. The summed E-state index contributed by atoms with van der Waals surface area (Å²) in [5.41, 5.74) is 2.81. The quantitative estimate of drug-likeness (QED) is 0.676. The molecule has 1 aromatic carbocycles. The Balaban J connectivity index is 2.82. The fourth-order valence-electron chi connectivity index (χ4n) is 2.00. The lowest BCUT2D eigenvalue weighted by Gasteiger charge is -1.98. The number of allylic oxidation sites excluding steroid dienone is 1. The molecule has 0 aliphatic carbocycles. The Morgan fingerprint density at radius 1 is 1.33 bits per heavy atom. The van der Waals surface area contributed by atoms with Crippen LogP contribution in [0, 0.1) is 6.92 Å². The van der Waals surface area contributed by atoms with E-state index >= 15 is 0 Å². The van der Waals surface area contributed by atoms with Gasteiger partial charge in [-0.2, -0.15) is 0 Å². The van der Waals surface area contributed by atoms with Crippen LogP contribution in [0.15, 0.2) is 24.3 Å². The first kappa shape index (κ1) is 10.4. The summed E-state index contributed by atoms with van der Waals surface area (Å²) in [6.07, 6.45) is 5.50. The Bertz CT molecular complexity index is 503. The van der Waals surface area contributed by atoms with E-state index in [1.807, 2.05) is 11.3 Å². The summed E-state index contributed by atoms with van der Waals surface area (Å²) in [6, 6.07) is 6.56. The number of rotatable bonds is 2. The molecule has 15 heavy (non-hydrogen) atoms. The minimum Gasteiger partial charge on any atom is -0.140 e. The fraction of sp³-hybridized carbons (Fsp3) is 0.286. The Morgan fingerprint density at radius 2 is 2.13 bits per heavy atom. The van der Waals surface area contributed by atoms with Crippen molar-refractivity contribution >= 4 is 27.5 Å². The van der Waals surface area contributed by atoms with Gasteiger partial charge in [0.2, 0.25) is 0 Å². The zero-order valence-electron chi connectivity index (χ0n) is 9.50. The van der Waals surface area contributed by atoms with Gasteiger partial charge in [-0.25, -0.2) is 0 Å². The first-order valence-electron chi connectivity index (χ1n) is 5.41. The molecule has 78 valence electrons. The van der Waals surface area contributed by atoms with Gasteiger partial charge in [0.25, 0.3) is 0 Å². The van der Waals surface area contributed by atoms with E-state index in [9.17, 15) is 0 Å². The molecule has 2 aromatic rings. The molecule has 1 aromatic heterocycles. The van der Waals surface area contributed by atoms with Crippen LogP contribution in [0.1, 0.15) is 29.9 Å². The topological polar surface area (TPSA) is 0 Å². The molecule has 0 bridgehead atoms. The number of hydrogen-bond donors (Lipinski definition) is 0. The second-order valence-corrected chi connectivity index (χ2v) is 4.88. The minimum atomic E-state index is 1.12. The highest BCUT2D eigenvalue weighted by molar-refractivity contribution is 7.19. The molecule has 0 spiro atoms. The van der Waals surface area contributed by atoms with Crippen molar-refractivity contribution in [1.29, 1.82) is 0 Å². The van der Waals surface area contributed by atoms with Crippen molar-refractivity contribution in [2.24, 2.45) is 0 Å². The summed E-state index contributed by atoms with van der Waals surface area (Å²) in [7, 11) is 0. The zero-order valence-corrected chi connectivity index (χ0v) is 10.3. The van der Waals surface area contributed by atoms with E-state index in [0.29, 0.717) is 0 Å². The smallest absolute Gasteiger partial charge is 0.0354 e. The Morgan fingerprint density at radius 3 is 2.80 bits per heavy atom. The van der Waals surface area contributed by atoms with Gasteiger partial charge in [0, 0.05) is 15.0 Å². The lowest BCUT2D eigenvalue weighted by molar-refractivity contribution is 1.18. The highest BCUT2D eigenvalue weighted by Crippen LogP contribution is 2.34. The van der Waals surface area contributed by atoms with Crippen molar-refractivity contribution in [2.45, 2.75) is 27.2 Å². The van der Waals surface area contributed by atoms with Crippen LogP contribution in [0.3, 0.4) is 0 Å². The molecule has 0 amide bonds. The predicted octanol–water partition coefficient (Wildman–Crippen LogP) is 4.81. The second kappa shape index (κ2) is 4.19. The van der Waals surface area contributed by atoms with Gasteiger partial charge < -0.3 is 0 Å². The van der Waals surface area contributed by atoms with Crippen LogP contribution in [0.2, 0.25) is 0 Å². The molecule has 0 aliphatic rings. The summed E-state index contributed by atoms with van der Waals surface area (Å²) in [5.74, 6) is 0. The monoisotopic (exact) mass is 216 g/mol. The third-order valence-corrected chi connectivity index (χ3v) is 4.01. The van der Waals surface area contributed by atoms with Crippen molar-refractivity contribution in [3.8, 4) is 0 Å². The number of aryl methyl sites for hydroxylation is 2. The third-order valence-electron chi connectivity index (χ3n) is 2.69. The van der Waals surface area contributed by atoms with Crippen molar-refractivity contribution in [1.82, 2.24) is 0 Å². The molecule has 0 N–H and O–H groups in total. The highest BCUT2D eigenvalue weighted by atomic mass is 32.1. The molecule has 0 radical (unpaired) electrons. The van der Waals surface area contributed by atoms with E-state index in [-0.39, 0.29) is 0 Å². The molecule has 0 saturated carbocycles. The van der Waals surface area contributed by atoms with Gasteiger partial charge in [-0.1, -0.05) is 31.2 Å².